The first-order chi connectivity index (χ1) is 14.0. The number of methoxy groups -OCH3 is 1. The Morgan fingerprint density at radius 3 is 2.55 bits per heavy atom. The van der Waals surface area contributed by atoms with Gasteiger partial charge in [0, 0.05) is 30.8 Å². The molecule has 2 rings (SSSR count). The highest BCUT2D eigenvalue weighted by atomic mass is 16.5. The van der Waals surface area contributed by atoms with Crippen molar-refractivity contribution in [2.24, 2.45) is 5.92 Å². The van der Waals surface area contributed by atoms with Crippen molar-refractivity contribution in [3.05, 3.63) is 54.1 Å². The van der Waals surface area contributed by atoms with Crippen LogP contribution >= 0.6 is 0 Å². The fourth-order valence-electron chi connectivity index (χ4n) is 2.79. The molecule has 0 saturated heterocycles. The summed E-state index contributed by atoms with van der Waals surface area (Å²) in [5.74, 6) is 1.46. The van der Waals surface area contributed by atoms with Gasteiger partial charge in [0.2, 0.25) is 5.91 Å². The van der Waals surface area contributed by atoms with E-state index in [0.29, 0.717) is 49.0 Å². The molecule has 0 radical (unpaired) electrons. The first-order valence-corrected chi connectivity index (χ1v) is 9.82. The molecule has 154 valence electrons. The number of nitrogens with zero attached hydrogens (tertiary/aromatic N) is 1. The van der Waals surface area contributed by atoms with Crippen molar-refractivity contribution >= 4 is 11.6 Å². The quantitative estimate of drug-likeness (QED) is 0.562. The molecule has 0 aliphatic carbocycles. The summed E-state index contributed by atoms with van der Waals surface area (Å²) in [5.41, 5.74) is 1.56. The highest BCUT2D eigenvalue weighted by molar-refractivity contribution is 5.75. The SMILES string of the molecule is COc1cc(C#N)ccc1OCCCC(=O)NCC(Nc1ccccc1)C(C)C. The van der Waals surface area contributed by atoms with Crippen molar-refractivity contribution in [2.75, 3.05) is 25.6 Å². The van der Waals surface area contributed by atoms with Gasteiger partial charge in [-0.15, -0.1) is 0 Å². The van der Waals surface area contributed by atoms with E-state index in [1.54, 1.807) is 18.2 Å². The summed E-state index contributed by atoms with van der Waals surface area (Å²) in [6.07, 6.45) is 0.974. The van der Waals surface area contributed by atoms with Crippen LogP contribution in [0.2, 0.25) is 0 Å². The van der Waals surface area contributed by atoms with Crippen molar-refractivity contribution < 1.29 is 14.3 Å². The molecule has 0 bridgehead atoms. The molecule has 1 amide bonds. The number of amides is 1. The summed E-state index contributed by atoms with van der Waals surface area (Å²) in [6.45, 7) is 5.22. The first-order valence-electron chi connectivity index (χ1n) is 9.82. The van der Waals surface area contributed by atoms with E-state index in [2.05, 4.69) is 30.6 Å². The van der Waals surface area contributed by atoms with E-state index >= 15 is 0 Å². The second-order valence-corrected chi connectivity index (χ2v) is 7.09. The molecule has 0 saturated carbocycles. The van der Waals surface area contributed by atoms with Crippen LogP contribution < -0.4 is 20.1 Å². The van der Waals surface area contributed by atoms with Gasteiger partial charge in [-0.25, -0.2) is 0 Å². The van der Waals surface area contributed by atoms with Crippen LogP contribution in [0.25, 0.3) is 0 Å². The lowest BCUT2D eigenvalue weighted by atomic mass is 10.0. The van der Waals surface area contributed by atoms with Crippen LogP contribution in [0.1, 0.15) is 32.3 Å². The van der Waals surface area contributed by atoms with E-state index in [9.17, 15) is 4.79 Å². The molecule has 0 fully saturated rings. The molecule has 2 aromatic carbocycles. The molecule has 6 heteroatoms. The van der Waals surface area contributed by atoms with Gasteiger partial charge < -0.3 is 20.1 Å². The minimum Gasteiger partial charge on any atom is -0.493 e. The molecule has 2 aromatic rings. The van der Waals surface area contributed by atoms with Crippen LogP contribution in [-0.2, 0) is 4.79 Å². The van der Waals surface area contributed by atoms with Gasteiger partial charge >= 0.3 is 0 Å². The predicted molar refractivity (Wildman–Crippen MR) is 114 cm³/mol. The smallest absolute Gasteiger partial charge is 0.220 e. The Balaban J connectivity index is 1.73. The predicted octanol–water partition coefficient (Wildman–Crippen LogP) is 3.98. The molecule has 0 aromatic heterocycles. The summed E-state index contributed by atoms with van der Waals surface area (Å²) < 4.78 is 10.9. The minimum atomic E-state index is 0.000838. The van der Waals surface area contributed by atoms with Crippen molar-refractivity contribution in [1.82, 2.24) is 5.32 Å². The number of anilines is 1. The maximum Gasteiger partial charge on any atom is 0.220 e. The fraction of sp³-hybridized carbons (Fsp3) is 0.391. The van der Waals surface area contributed by atoms with Crippen LogP contribution in [0.5, 0.6) is 11.5 Å². The third-order valence-corrected chi connectivity index (χ3v) is 4.55. The van der Waals surface area contributed by atoms with E-state index in [1.165, 1.54) is 7.11 Å². The van der Waals surface area contributed by atoms with Crippen molar-refractivity contribution in [3.8, 4) is 17.6 Å². The number of para-hydroxylation sites is 1. The maximum atomic E-state index is 12.2. The zero-order chi connectivity index (χ0) is 21.1. The molecule has 1 atom stereocenters. The number of carbonyl (C=O) groups is 1. The topological polar surface area (TPSA) is 83.4 Å². The lowest BCUT2D eigenvalue weighted by Gasteiger charge is -2.24. The number of hydrogen-bond donors (Lipinski definition) is 2. The highest BCUT2D eigenvalue weighted by Gasteiger charge is 2.14. The van der Waals surface area contributed by atoms with E-state index in [-0.39, 0.29) is 11.9 Å². The monoisotopic (exact) mass is 395 g/mol. The van der Waals surface area contributed by atoms with E-state index in [4.69, 9.17) is 14.7 Å². The Hall–Kier alpha value is -3.20. The van der Waals surface area contributed by atoms with Crippen LogP contribution in [0.15, 0.2) is 48.5 Å². The Labute approximate surface area is 172 Å². The first kappa shape index (κ1) is 22.1. The third-order valence-electron chi connectivity index (χ3n) is 4.55. The molecule has 6 nitrogen and oxygen atoms in total. The molecule has 0 aliphatic rings. The molecule has 29 heavy (non-hydrogen) atoms. The number of carbonyl (C=O) groups excluding carboxylic acids is 1. The van der Waals surface area contributed by atoms with Crippen LogP contribution in [0, 0.1) is 17.2 Å². The second kappa shape index (κ2) is 11.6. The summed E-state index contributed by atoms with van der Waals surface area (Å²) in [5, 5.41) is 15.4. The summed E-state index contributed by atoms with van der Waals surface area (Å²) in [6, 6.07) is 17.2. The maximum absolute atomic E-state index is 12.2. The van der Waals surface area contributed by atoms with Gasteiger partial charge in [0.1, 0.15) is 0 Å². The molecular formula is C23H29N3O3. The number of nitrogens with one attached hydrogen (secondary N) is 2. The van der Waals surface area contributed by atoms with Crippen molar-refractivity contribution in [3.63, 3.8) is 0 Å². The number of benzene rings is 2. The summed E-state index contributed by atoms with van der Waals surface area (Å²) in [4.78, 5) is 12.2. The average Bonchev–Trinajstić information content (AvgIpc) is 2.74. The Morgan fingerprint density at radius 1 is 1.14 bits per heavy atom. The molecule has 0 heterocycles. The number of nitriles is 1. The van der Waals surface area contributed by atoms with Gasteiger partial charge in [0.05, 0.1) is 25.3 Å². The number of ether oxygens (including phenoxy) is 2. The van der Waals surface area contributed by atoms with E-state index in [1.807, 2.05) is 30.3 Å². The highest BCUT2D eigenvalue weighted by Crippen LogP contribution is 2.27. The van der Waals surface area contributed by atoms with Gasteiger partial charge in [0.15, 0.2) is 11.5 Å². The Kier molecular flexibility index (Phi) is 8.84. The summed E-state index contributed by atoms with van der Waals surface area (Å²) >= 11 is 0. The summed E-state index contributed by atoms with van der Waals surface area (Å²) in [7, 11) is 1.53. The zero-order valence-electron chi connectivity index (χ0n) is 17.3. The minimum absolute atomic E-state index is 0.000838. The molecular weight excluding hydrogens is 366 g/mol. The normalized spacial score (nSPS) is 11.4. The molecule has 0 spiro atoms. The van der Waals surface area contributed by atoms with E-state index < -0.39 is 0 Å². The van der Waals surface area contributed by atoms with Gasteiger partial charge in [-0.3, -0.25) is 4.79 Å². The van der Waals surface area contributed by atoms with Crippen LogP contribution in [0.3, 0.4) is 0 Å². The van der Waals surface area contributed by atoms with Crippen LogP contribution in [-0.4, -0.2) is 32.2 Å². The number of rotatable bonds is 11. The zero-order valence-corrected chi connectivity index (χ0v) is 17.3. The lowest BCUT2D eigenvalue weighted by molar-refractivity contribution is -0.121. The number of hydrogen-bond acceptors (Lipinski definition) is 5. The Morgan fingerprint density at radius 2 is 1.90 bits per heavy atom. The molecule has 2 N–H and O–H groups in total. The molecule has 0 aliphatic heterocycles. The van der Waals surface area contributed by atoms with Crippen LogP contribution in [0.4, 0.5) is 5.69 Å². The third kappa shape index (κ3) is 7.38. The van der Waals surface area contributed by atoms with Crippen molar-refractivity contribution in [1.29, 1.82) is 5.26 Å². The Bertz CT molecular complexity index is 816. The second-order valence-electron chi connectivity index (χ2n) is 7.09. The van der Waals surface area contributed by atoms with Crippen molar-refractivity contribution in [2.45, 2.75) is 32.7 Å². The molecule has 1 unspecified atom stereocenters. The van der Waals surface area contributed by atoms with E-state index in [0.717, 1.165) is 5.69 Å². The van der Waals surface area contributed by atoms with Gasteiger partial charge in [0.25, 0.3) is 0 Å². The largest absolute Gasteiger partial charge is 0.493 e. The van der Waals surface area contributed by atoms with Gasteiger partial charge in [-0.05, 0) is 36.6 Å². The fourth-order valence-corrected chi connectivity index (χ4v) is 2.79. The standard InChI is InChI=1S/C23H29N3O3/c1-17(2)20(26-19-8-5-4-6-9-19)16-25-23(27)10-7-13-29-21-12-11-18(15-24)14-22(21)28-3/h4-6,8-9,11-12,14,17,20,26H,7,10,13,16H2,1-3H3,(H,25,27). The van der Waals surface area contributed by atoms with Gasteiger partial charge in [-0.2, -0.15) is 5.26 Å². The van der Waals surface area contributed by atoms with Gasteiger partial charge in [-0.1, -0.05) is 32.0 Å². The lowest BCUT2D eigenvalue weighted by Crippen LogP contribution is -2.39. The average molecular weight is 396 g/mol.